The average Bonchev–Trinajstić information content (AvgIpc) is 2.06. The van der Waals surface area contributed by atoms with Crippen LogP contribution in [0, 0.1) is 0 Å². The third kappa shape index (κ3) is 4.71. The highest BCUT2D eigenvalue weighted by Crippen LogP contribution is 2.06. The van der Waals surface area contributed by atoms with Crippen molar-refractivity contribution >= 4 is 24.1 Å². The lowest BCUT2D eigenvalue weighted by Gasteiger charge is -2.33. The Morgan fingerprint density at radius 1 is 1.00 bits per heavy atom. The van der Waals surface area contributed by atoms with Crippen molar-refractivity contribution in [2.45, 2.75) is 12.5 Å². The fourth-order valence-corrected chi connectivity index (χ4v) is 1.48. The third-order valence-corrected chi connectivity index (χ3v) is 1.81. The zero-order chi connectivity index (χ0) is 10.2. The summed E-state index contributed by atoms with van der Waals surface area (Å²) < 4.78 is 15.4. The molecule has 0 rings (SSSR count). The summed E-state index contributed by atoms with van der Waals surface area (Å²) in [5.41, 5.74) is -0.215. The fraction of sp³-hybridized carbons (Fsp3) is 1.00. The SMILES string of the molecule is BOCC(COB)(COB)NCC. The molecule has 0 radical (unpaired) electrons. The molecular weight excluding hydrogens is 167 g/mol. The van der Waals surface area contributed by atoms with Crippen LogP contribution in [0.15, 0.2) is 0 Å². The lowest BCUT2D eigenvalue weighted by molar-refractivity contribution is 0.0809. The Morgan fingerprint density at radius 3 is 1.62 bits per heavy atom. The molecule has 0 aliphatic heterocycles. The minimum Gasteiger partial charge on any atom is -0.442 e. The second-order valence-electron chi connectivity index (χ2n) is 3.11. The van der Waals surface area contributed by atoms with Crippen LogP contribution in [0.2, 0.25) is 0 Å². The van der Waals surface area contributed by atoms with Gasteiger partial charge in [0.2, 0.25) is 0 Å². The van der Waals surface area contributed by atoms with Gasteiger partial charge in [-0.2, -0.15) is 0 Å². The smallest absolute Gasteiger partial charge is 0.257 e. The van der Waals surface area contributed by atoms with E-state index < -0.39 is 0 Å². The number of nitrogens with one attached hydrogen (secondary N) is 1. The summed E-state index contributed by atoms with van der Waals surface area (Å²) in [6, 6.07) is 0. The van der Waals surface area contributed by atoms with Crippen LogP contribution in [0.25, 0.3) is 0 Å². The van der Waals surface area contributed by atoms with E-state index >= 15 is 0 Å². The lowest BCUT2D eigenvalue weighted by Crippen LogP contribution is -2.56. The zero-order valence-corrected chi connectivity index (χ0v) is 9.05. The maximum Gasteiger partial charge on any atom is 0.257 e. The Kier molecular flexibility index (Phi) is 7.46. The topological polar surface area (TPSA) is 39.7 Å². The summed E-state index contributed by atoms with van der Waals surface area (Å²) in [5.74, 6) is 0. The number of likely N-dealkylation sites (N-methyl/N-ethyl adjacent to an activating group) is 1. The first-order valence-electron chi connectivity index (χ1n) is 4.46. The highest BCUT2D eigenvalue weighted by atomic mass is 16.5. The molecule has 0 spiro atoms. The lowest BCUT2D eigenvalue weighted by atomic mass is 10.0. The molecule has 0 aliphatic rings. The highest BCUT2D eigenvalue weighted by molar-refractivity contribution is 5.98. The van der Waals surface area contributed by atoms with Gasteiger partial charge >= 0.3 is 0 Å². The van der Waals surface area contributed by atoms with Crippen LogP contribution in [0.5, 0.6) is 0 Å². The van der Waals surface area contributed by atoms with Crippen LogP contribution in [-0.4, -0.2) is 56.1 Å². The minimum atomic E-state index is -0.215. The molecular formula is C6H18B3NO3. The van der Waals surface area contributed by atoms with Gasteiger partial charge < -0.3 is 19.3 Å². The van der Waals surface area contributed by atoms with E-state index in [2.05, 4.69) is 12.2 Å². The Hall–Kier alpha value is 0.0348. The van der Waals surface area contributed by atoms with Crippen molar-refractivity contribution < 1.29 is 14.0 Å². The molecule has 7 heteroatoms. The summed E-state index contributed by atoms with van der Waals surface area (Å²) in [4.78, 5) is 0. The van der Waals surface area contributed by atoms with Crippen LogP contribution in [0.1, 0.15) is 6.92 Å². The molecule has 0 atom stereocenters. The second kappa shape index (κ2) is 7.44. The van der Waals surface area contributed by atoms with Crippen molar-refractivity contribution in [3.05, 3.63) is 0 Å². The van der Waals surface area contributed by atoms with Crippen LogP contribution in [-0.2, 0) is 14.0 Å². The van der Waals surface area contributed by atoms with E-state index in [1.54, 1.807) is 24.1 Å². The predicted molar refractivity (Wildman–Crippen MR) is 59.9 cm³/mol. The standard InChI is InChI=1S/C6H18B3NO3/c1-2-10-6(3-11-7,4-12-8)5-13-9/h10H,2-5,7-9H2,1H3. The van der Waals surface area contributed by atoms with Crippen molar-refractivity contribution in [3.63, 3.8) is 0 Å². The van der Waals surface area contributed by atoms with Gasteiger partial charge in [0, 0.05) is 0 Å². The van der Waals surface area contributed by atoms with Crippen molar-refractivity contribution in [1.29, 1.82) is 0 Å². The molecule has 0 aromatic carbocycles. The molecule has 1 N–H and O–H groups in total. The summed E-state index contributed by atoms with van der Waals surface area (Å²) in [7, 11) is 5.03. The highest BCUT2D eigenvalue weighted by Gasteiger charge is 2.28. The van der Waals surface area contributed by atoms with E-state index in [-0.39, 0.29) is 5.54 Å². The Balaban J connectivity index is 4.19. The normalized spacial score (nSPS) is 11.8. The molecule has 0 aromatic rings. The Labute approximate surface area is 83.0 Å². The van der Waals surface area contributed by atoms with Gasteiger partial charge in [0.05, 0.1) is 25.4 Å². The van der Waals surface area contributed by atoms with Gasteiger partial charge in [0.15, 0.2) is 0 Å². The van der Waals surface area contributed by atoms with Gasteiger partial charge in [-0.05, 0) is 6.54 Å². The molecule has 0 amide bonds. The maximum absolute atomic E-state index is 5.14. The van der Waals surface area contributed by atoms with E-state index in [1.807, 2.05) is 0 Å². The molecule has 13 heavy (non-hydrogen) atoms. The molecule has 0 saturated carbocycles. The van der Waals surface area contributed by atoms with Crippen LogP contribution < -0.4 is 5.32 Å². The van der Waals surface area contributed by atoms with Crippen LogP contribution >= 0.6 is 0 Å². The first-order valence-corrected chi connectivity index (χ1v) is 4.46. The zero-order valence-electron chi connectivity index (χ0n) is 9.05. The Morgan fingerprint density at radius 2 is 1.38 bits per heavy atom. The second-order valence-corrected chi connectivity index (χ2v) is 3.11. The van der Waals surface area contributed by atoms with Crippen molar-refractivity contribution in [1.82, 2.24) is 5.32 Å². The largest absolute Gasteiger partial charge is 0.442 e. The summed E-state index contributed by atoms with van der Waals surface area (Å²) in [6.45, 7) is 4.68. The first kappa shape index (κ1) is 13.0. The van der Waals surface area contributed by atoms with Gasteiger partial charge in [-0.3, -0.25) is 0 Å². The first-order chi connectivity index (χ1) is 6.24. The van der Waals surface area contributed by atoms with Gasteiger partial charge in [-0.15, -0.1) is 0 Å². The van der Waals surface area contributed by atoms with E-state index in [1.165, 1.54) is 0 Å². The van der Waals surface area contributed by atoms with E-state index in [4.69, 9.17) is 14.0 Å². The minimum absolute atomic E-state index is 0.215. The molecule has 0 fully saturated rings. The quantitative estimate of drug-likeness (QED) is 0.409. The molecule has 0 unspecified atom stereocenters. The molecule has 0 bridgehead atoms. The number of rotatable bonds is 8. The molecule has 0 heterocycles. The maximum atomic E-state index is 5.14. The van der Waals surface area contributed by atoms with Gasteiger partial charge in [-0.1, -0.05) is 6.92 Å². The van der Waals surface area contributed by atoms with Crippen molar-refractivity contribution in [2.24, 2.45) is 0 Å². The summed E-state index contributed by atoms with van der Waals surface area (Å²) >= 11 is 0. The summed E-state index contributed by atoms with van der Waals surface area (Å²) in [6.07, 6.45) is 0. The fourth-order valence-electron chi connectivity index (χ4n) is 1.48. The Bertz CT molecular complexity index is 98.2. The predicted octanol–water partition coefficient (Wildman–Crippen LogP) is -2.97. The van der Waals surface area contributed by atoms with Crippen LogP contribution in [0.4, 0.5) is 0 Å². The molecule has 0 aromatic heterocycles. The molecule has 4 nitrogen and oxygen atoms in total. The molecule has 74 valence electrons. The summed E-state index contributed by atoms with van der Waals surface area (Å²) in [5, 5.41) is 3.32. The third-order valence-electron chi connectivity index (χ3n) is 1.81. The van der Waals surface area contributed by atoms with Gasteiger partial charge in [0.25, 0.3) is 24.1 Å². The van der Waals surface area contributed by atoms with Crippen molar-refractivity contribution in [3.8, 4) is 0 Å². The van der Waals surface area contributed by atoms with E-state index in [0.717, 1.165) is 6.54 Å². The number of hydrogen-bond donors (Lipinski definition) is 1. The number of hydrogen-bond acceptors (Lipinski definition) is 4. The van der Waals surface area contributed by atoms with E-state index in [0.29, 0.717) is 19.8 Å². The monoisotopic (exact) mass is 185 g/mol. The molecule has 0 saturated heterocycles. The molecule has 0 aliphatic carbocycles. The van der Waals surface area contributed by atoms with Gasteiger partial charge in [0.1, 0.15) is 0 Å². The van der Waals surface area contributed by atoms with Gasteiger partial charge in [-0.25, -0.2) is 0 Å². The van der Waals surface area contributed by atoms with Crippen molar-refractivity contribution in [2.75, 3.05) is 26.4 Å². The van der Waals surface area contributed by atoms with Crippen LogP contribution in [0.3, 0.4) is 0 Å². The van der Waals surface area contributed by atoms with E-state index in [9.17, 15) is 0 Å². The average molecular weight is 185 g/mol.